The van der Waals surface area contributed by atoms with Crippen molar-refractivity contribution in [1.29, 1.82) is 0 Å². The van der Waals surface area contributed by atoms with Crippen molar-refractivity contribution in [3.8, 4) is 0 Å². The van der Waals surface area contributed by atoms with Gasteiger partial charge < -0.3 is 10.2 Å². The molecular formula is C14H22F3N3S. The van der Waals surface area contributed by atoms with E-state index in [-0.39, 0.29) is 12.1 Å². The third kappa shape index (κ3) is 4.10. The quantitative estimate of drug-likeness (QED) is 0.891. The molecule has 0 radical (unpaired) electrons. The Balaban J connectivity index is 2.27. The van der Waals surface area contributed by atoms with Gasteiger partial charge in [-0.15, -0.1) is 0 Å². The number of anilines is 1. The number of thiazole rings is 1. The van der Waals surface area contributed by atoms with Gasteiger partial charge in [-0.05, 0) is 39.7 Å². The Morgan fingerprint density at radius 2 is 2.14 bits per heavy atom. The van der Waals surface area contributed by atoms with Gasteiger partial charge in [0.2, 0.25) is 0 Å². The second kappa shape index (κ2) is 6.52. The molecule has 120 valence electrons. The minimum absolute atomic E-state index is 0.225. The number of hydrogen-bond acceptors (Lipinski definition) is 4. The first-order chi connectivity index (χ1) is 9.81. The van der Waals surface area contributed by atoms with Crippen molar-refractivity contribution in [3.63, 3.8) is 0 Å². The molecule has 0 aromatic carbocycles. The lowest BCUT2D eigenvalue weighted by Gasteiger charge is -2.27. The summed E-state index contributed by atoms with van der Waals surface area (Å²) < 4.78 is 38.3. The van der Waals surface area contributed by atoms with Crippen LogP contribution >= 0.6 is 11.3 Å². The first kappa shape index (κ1) is 16.5. The summed E-state index contributed by atoms with van der Waals surface area (Å²) >= 11 is 1.41. The number of halogens is 3. The van der Waals surface area contributed by atoms with Crippen LogP contribution in [0, 0.1) is 0 Å². The van der Waals surface area contributed by atoms with E-state index in [0.717, 1.165) is 36.4 Å². The molecule has 1 unspecified atom stereocenters. The van der Waals surface area contributed by atoms with Gasteiger partial charge in [-0.1, -0.05) is 18.3 Å². The van der Waals surface area contributed by atoms with Crippen molar-refractivity contribution < 1.29 is 13.2 Å². The number of nitrogens with zero attached hydrogens (tertiary/aromatic N) is 2. The zero-order chi connectivity index (χ0) is 15.6. The monoisotopic (exact) mass is 321 g/mol. The molecule has 7 heteroatoms. The molecule has 1 aliphatic carbocycles. The molecule has 0 fully saturated rings. The van der Waals surface area contributed by atoms with Crippen LogP contribution in [-0.4, -0.2) is 30.3 Å². The van der Waals surface area contributed by atoms with Crippen LogP contribution in [0.25, 0.3) is 0 Å². The molecule has 0 bridgehead atoms. The molecule has 2 rings (SSSR count). The van der Waals surface area contributed by atoms with E-state index in [4.69, 9.17) is 0 Å². The van der Waals surface area contributed by atoms with Gasteiger partial charge in [0.15, 0.2) is 5.13 Å². The van der Waals surface area contributed by atoms with Gasteiger partial charge in [-0.25, -0.2) is 4.98 Å². The fraction of sp³-hybridized carbons (Fsp3) is 0.786. The van der Waals surface area contributed by atoms with E-state index in [2.05, 4.69) is 10.3 Å². The van der Waals surface area contributed by atoms with Gasteiger partial charge in [0.05, 0.1) is 5.69 Å². The standard InChI is InChI=1S/C14H22F3N3S/c1-4-18-10-6-5-7-11-12(10)21-13(19-11)20(9(2)3)8-14(15,16)17/h9-10,18H,4-8H2,1-3H3. The second-order valence-electron chi connectivity index (χ2n) is 5.65. The lowest BCUT2D eigenvalue weighted by Crippen LogP contribution is -2.39. The predicted octanol–water partition coefficient (Wildman–Crippen LogP) is 3.91. The predicted molar refractivity (Wildman–Crippen MR) is 80.0 cm³/mol. The molecule has 1 aromatic heterocycles. The normalized spacial score (nSPS) is 18.9. The van der Waals surface area contributed by atoms with Gasteiger partial charge in [-0.2, -0.15) is 13.2 Å². The number of alkyl halides is 3. The first-order valence-electron chi connectivity index (χ1n) is 7.38. The number of fused-ring (bicyclic) bond motifs is 1. The van der Waals surface area contributed by atoms with Gasteiger partial charge in [0.1, 0.15) is 6.54 Å². The summed E-state index contributed by atoms with van der Waals surface area (Å²) in [6.45, 7) is 5.50. The summed E-state index contributed by atoms with van der Waals surface area (Å²) in [5.74, 6) is 0. The zero-order valence-corrected chi connectivity index (χ0v) is 13.4. The molecule has 0 amide bonds. The van der Waals surface area contributed by atoms with Crippen LogP contribution in [0.15, 0.2) is 0 Å². The molecule has 0 aliphatic heterocycles. The van der Waals surface area contributed by atoms with Crippen LogP contribution in [0.5, 0.6) is 0 Å². The van der Waals surface area contributed by atoms with Crippen LogP contribution in [0.1, 0.15) is 50.2 Å². The van der Waals surface area contributed by atoms with E-state index in [1.165, 1.54) is 16.2 Å². The van der Waals surface area contributed by atoms with Crippen molar-refractivity contribution in [2.24, 2.45) is 0 Å². The SMILES string of the molecule is CCNC1CCCc2nc(N(CC(F)(F)F)C(C)C)sc21. The van der Waals surface area contributed by atoms with Crippen LogP contribution < -0.4 is 10.2 Å². The van der Waals surface area contributed by atoms with E-state index >= 15 is 0 Å². The molecule has 1 heterocycles. The number of nitrogens with one attached hydrogen (secondary N) is 1. The van der Waals surface area contributed by atoms with Crippen LogP contribution in [0.4, 0.5) is 18.3 Å². The highest BCUT2D eigenvalue weighted by Gasteiger charge is 2.34. The summed E-state index contributed by atoms with van der Waals surface area (Å²) in [6.07, 6.45) is -1.28. The number of hydrogen-bond donors (Lipinski definition) is 1. The van der Waals surface area contributed by atoms with Gasteiger partial charge >= 0.3 is 6.18 Å². The number of aryl methyl sites for hydroxylation is 1. The van der Waals surface area contributed by atoms with Crippen molar-refractivity contribution >= 4 is 16.5 Å². The van der Waals surface area contributed by atoms with Gasteiger partial charge in [0.25, 0.3) is 0 Å². The Hall–Kier alpha value is -0.820. The average Bonchev–Trinajstić information content (AvgIpc) is 2.79. The van der Waals surface area contributed by atoms with E-state index < -0.39 is 12.7 Å². The summed E-state index contributed by atoms with van der Waals surface area (Å²) in [5, 5.41) is 3.90. The van der Waals surface area contributed by atoms with E-state index in [0.29, 0.717) is 5.13 Å². The maximum absolute atomic E-state index is 12.8. The molecule has 1 atom stereocenters. The van der Waals surface area contributed by atoms with Crippen molar-refractivity contribution in [3.05, 3.63) is 10.6 Å². The lowest BCUT2D eigenvalue weighted by atomic mass is 9.98. The minimum atomic E-state index is -4.21. The highest BCUT2D eigenvalue weighted by Crippen LogP contribution is 2.38. The molecule has 1 aliphatic rings. The molecule has 3 nitrogen and oxygen atoms in total. The van der Waals surface area contributed by atoms with E-state index in [1.807, 2.05) is 6.92 Å². The minimum Gasteiger partial charge on any atom is -0.337 e. The first-order valence-corrected chi connectivity index (χ1v) is 8.20. The Labute approximate surface area is 127 Å². The Bertz CT molecular complexity index is 471. The Morgan fingerprint density at radius 3 is 2.71 bits per heavy atom. The summed E-state index contributed by atoms with van der Waals surface area (Å²) in [5.41, 5.74) is 0.972. The maximum atomic E-state index is 12.8. The maximum Gasteiger partial charge on any atom is 0.406 e. The molecular weight excluding hydrogens is 299 g/mol. The fourth-order valence-electron chi connectivity index (χ4n) is 2.63. The lowest BCUT2D eigenvalue weighted by molar-refractivity contribution is -0.120. The Morgan fingerprint density at radius 1 is 1.43 bits per heavy atom. The third-order valence-electron chi connectivity index (χ3n) is 3.61. The van der Waals surface area contributed by atoms with Crippen molar-refractivity contribution in [1.82, 2.24) is 10.3 Å². The largest absolute Gasteiger partial charge is 0.406 e. The highest BCUT2D eigenvalue weighted by atomic mass is 32.1. The average molecular weight is 321 g/mol. The summed E-state index contributed by atoms with van der Waals surface area (Å²) in [4.78, 5) is 6.96. The summed E-state index contributed by atoms with van der Waals surface area (Å²) in [6, 6.07) is 0.0155. The molecule has 1 aromatic rings. The van der Waals surface area contributed by atoms with Crippen molar-refractivity contribution in [2.75, 3.05) is 18.0 Å². The fourth-order valence-corrected chi connectivity index (χ4v) is 3.99. The molecule has 1 N–H and O–H groups in total. The molecule has 0 saturated heterocycles. The van der Waals surface area contributed by atoms with Crippen LogP contribution in [0.3, 0.4) is 0 Å². The Kier molecular flexibility index (Phi) is 5.14. The summed E-state index contributed by atoms with van der Waals surface area (Å²) in [7, 11) is 0. The molecule has 21 heavy (non-hydrogen) atoms. The smallest absolute Gasteiger partial charge is 0.337 e. The molecule has 0 spiro atoms. The van der Waals surface area contributed by atoms with E-state index in [1.54, 1.807) is 13.8 Å². The number of rotatable bonds is 5. The van der Waals surface area contributed by atoms with Gasteiger partial charge in [0, 0.05) is 17.0 Å². The van der Waals surface area contributed by atoms with Crippen LogP contribution in [0.2, 0.25) is 0 Å². The van der Waals surface area contributed by atoms with Crippen molar-refractivity contribution in [2.45, 2.75) is 58.3 Å². The van der Waals surface area contributed by atoms with Gasteiger partial charge in [-0.3, -0.25) is 0 Å². The second-order valence-corrected chi connectivity index (χ2v) is 6.66. The zero-order valence-electron chi connectivity index (χ0n) is 12.6. The van der Waals surface area contributed by atoms with Crippen LogP contribution in [-0.2, 0) is 6.42 Å². The third-order valence-corrected chi connectivity index (χ3v) is 4.86. The topological polar surface area (TPSA) is 28.2 Å². The molecule has 0 saturated carbocycles. The van der Waals surface area contributed by atoms with E-state index in [9.17, 15) is 13.2 Å². The highest BCUT2D eigenvalue weighted by molar-refractivity contribution is 7.15. The number of aromatic nitrogens is 1.